The lowest BCUT2D eigenvalue weighted by Gasteiger charge is -2.35. The molecule has 2 aromatic rings. The van der Waals surface area contributed by atoms with E-state index >= 15 is 0 Å². The Morgan fingerprint density at radius 1 is 1.29 bits per heavy atom. The Balaban J connectivity index is 1.27. The van der Waals surface area contributed by atoms with Crippen molar-refractivity contribution in [1.82, 2.24) is 25.5 Å². The Morgan fingerprint density at radius 2 is 2.08 bits per heavy atom. The molecule has 1 amide bonds. The molecule has 1 aromatic carbocycles. The predicted molar refractivity (Wildman–Crippen MR) is 172 cm³/mol. The minimum atomic E-state index is -1.10. The summed E-state index contributed by atoms with van der Waals surface area (Å²) in [4.78, 5) is 32.1. The van der Waals surface area contributed by atoms with Gasteiger partial charge in [-0.2, -0.15) is 0 Å². The first-order valence-corrected chi connectivity index (χ1v) is 16.5. The molecule has 0 spiro atoms. The fraction of sp³-hybridized carbons (Fsp3) is 0.545. The quantitative estimate of drug-likeness (QED) is 0.204. The van der Waals surface area contributed by atoms with Crippen molar-refractivity contribution in [3.8, 4) is 17.2 Å². The van der Waals surface area contributed by atoms with Crippen molar-refractivity contribution in [2.75, 3.05) is 25.3 Å². The second kappa shape index (κ2) is 12.7. The molecule has 1 saturated carbocycles. The third kappa shape index (κ3) is 5.39. The number of imidazole rings is 1. The van der Waals surface area contributed by atoms with E-state index in [-0.39, 0.29) is 29.9 Å². The number of methoxy groups -OCH3 is 1. The van der Waals surface area contributed by atoms with Crippen LogP contribution in [0.2, 0.25) is 0 Å². The molecule has 0 radical (unpaired) electrons. The lowest BCUT2D eigenvalue weighted by Crippen LogP contribution is -2.70. The zero-order chi connectivity index (χ0) is 33.7. The Hall–Kier alpha value is -4.15. The molecule has 0 bridgehead atoms. The van der Waals surface area contributed by atoms with Gasteiger partial charge in [0.15, 0.2) is 0 Å². The minimum absolute atomic E-state index is 0.0522. The van der Waals surface area contributed by atoms with Crippen molar-refractivity contribution in [3.63, 3.8) is 0 Å². The van der Waals surface area contributed by atoms with E-state index in [9.17, 15) is 19.8 Å². The van der Waals surface area contributed by atoms with E-state index in [0.717, 1.165) is 31.2 Å². The summed E-state index contributed by atoms with van der Waals surface area (Å²) >= 11 is 0. The van der Waals surface area contributed by atoms with Crippen LogP contribution in [0.3, 0.4) is 0 Å². The molecule has 5 aliphatic rings. The number of esters is 1. The van der Waals surface area contributed by atoms with Crippen molar-refractivity contribution >= 4 is 23.4 Å². The number of nitrogens with zero attached hydrogens (tertiary/aromatic N) is 3. The maximum atomic E-state index is 13.0. The molecular weight excluding hydrogens is 622 g/mol. The van der Waals surface area contributed by atoms with Gasteiger partial charge in [-0.1, -0.05) is 18.9 Å². The average molecular weight is 666 g/mol. The number of allylic oxidation sites excluding steroid dienone is 3. The number of benzene rings is 1. The van der Waals surface area contributed by atoms with Gasteiger partial charge >= 0.3 is 5.97 Å². The van der Waals surface area contributed by atoms with Crippen LogP contribution in [0.1, 0.15) is 56.2 Å². The molecule has 4 aliphatic heterocycles. The summed E-state index contributed by atoms with van der Waals surface area (Å²) in [6, 6.07) is -0.505. The number of hydrogen-bond donors (Lipinski definition) is 6. The van der Waals surface area contributed by atoms with Crippen LogP contribution in [0.15, 0.2) is 30.3 Å². The fourth-order valence-electron chi connectivity index (χ4n) is 7.72. The van der Waals surface area contributed by atoms with Gasteiger partial charge in [0, 0.05) is 30.9 Å². The van der Waals surface area contributed by atoms with Crippen LogP contribution in [0.4, 0.5) is 5.95 Å². The highest BCUT2D eigenvalue weighted by Gasteiger charge is 2.48. The number of amides is 1. The monoisotopic (exact) mass is 665 g/mol. The van der Waals surface area contributed by atoms with Crippen molar-refractivity contribution in [2.45, 2.75) is 89.3 Å². The van der Waals surface area contributed by atoms with Gasteiger partial charge < -0.3 is 43.9 Å². The summed E-state index contributed by atoms with van der Waals surface area (Å²) in [5.41, 5.74) is 7.16. The normalized spacial score (nSPS) is 27.0. The SMILES string of the molecule is CCOC(=O)C1=C/C(=C\Cn2ccnc2N2CN[C@@H]3C(=O)N[C@H](N)N[C@@H]32)c2c(OC)c3c(c(CO)c2O1)O[C@H]([C@@](C)(O)C1CCCC1)C3. The van der Waals surface area contributed by atoms with Crippen LogP contribution in [0.25, 0.3) is 5.57 Å². The summed E-state index contributed by atoms with van der Waals surface area (Å²) in [5.74, 6) is 0.907. The van der Waals surface area contributed by atoms with Crippen molar-refractivity contribution in [1.29, 1.82) is 0 Å². The van der Waals surface area contributed by atoms with Crippen molar-refractivity contribution < 1.29 is 38.7 Å². The summed E-state index contributed by atoms with van der Waals surface area (Å²) in [5, 5.41) is 31.5. The Morgan fingerprint density at radius 3 is 2.81 bits per heavy atom. The van der Waals surface area contributed by atoms with Gasteiger partial charge in [-0.15, -0.1) is 0 Å². The Bertz CT molecular complexity index is 1660. The second-order valence-corrected chi connectivity index (χ2v) is 13.0. The average Bonchev–Trinajstić information content (AvgIpc) is 3.89. The van der Waals surface area contributed by atoms with Crippen LogP contribution in [-0.4, -0.2) is 82.2 Å². The zero-order valence-corrected chi connectivity index (χ0v) is 27.3. The van der Waals surface area contributed by atoms with Gasteiger partial charge in [0.2, 0.25) is 17.6 Å². The van der Waals surface area contributed by atoms with Crippen LogP contribution in [0.5, 0.6) is 17.2 Å². The van der Waals surface area contributed by atoms with Crippen molar-refractivity contribution in [2.24, 2.45) is 11.7 Å². The number of hydrogen-bond acceptors (Lipinski definition) is 13. The van der Waals surface area contributed by atoms with Gasteiger partial charge in [0.1, 0.15) is 47.5 Å². The number of carbonyl (C=O) groups is 2. The van der Waals surface area contributed by atoms with Gasteiger partial charge in [-0.25, -0.2) is 9.78 Å². The van der Waals surface area contributed by atoms with Crippen molar-refractivity contribution in [3.05, 3.63) is 47.0 Å². The van der Waals surface area contributed by atoms with E-state index in [2.05, 4.69) is 20.9 Å². The molecule has 15 heteroatoms. The smallest absolute Gasteiger partial charge is 0.374 e. The predicted octanol–water partition coefficient (Wildman–Crippen LogP) is 0.575. The summed E-state index contributed by atoms with van der Waals surface area (Å²) in [6.45, 7) is 3.93. The van der Waals surface area contributed by atoms with E-state index in [1.165, 1.54) is 0 Å². The summed E-state index contributed by atoms with van der Waals surface area (Å²) < 4.78 is 25.9. The summed E-state index contributed by atoms with van der Waals surface area (Å²) in [6.07, 6.45) is 9.71. The van der Waals surface area contributed by atoms with Crippen LogP contribution in [-0.2, 0) is 33.9 Å². The fourth-order valence-corrected chi connectivity index (χ4v) is 7.72. The number of aliphatic hydroxyl groups excluding tert-OH is 1. The standard InChI is InChI=1S/C33H43N7O8/c1-4-46-30(43)21-13-17(9-11-39-12-10-35-32(39)40-16-36-24-28(40)37-31(34)38-29(24)42)23-26(45-3)19-14-22(33(2,44)18-7-5-6-8-18)48-25(19)20(15-41)27(23)47-21/h9-10,12-13,18,22,24,28,31,36-37,41,44H,4-8,11,14-16,34H2,1-3H3,(H,38,42)/b17-9+/t22-,24-,28+,31+,33-/m0/s1. The zero-order valence-electron chi connectivity index (χ0n) is 27.3. The number of rotatable bonds is 9. The lowest BCUT2D eigenvalue weighted by atomic mass is 9.81. The van der Waals surface area contributed by atoms with E-state index in [1.807, 2.05) is 28.7 Å². The van der Waals surface area contributed by atoms with Gasteiger partial charge in [0.05, 0.1) is 38.1 Å². The minimum Gasteiger partial charge on any atom is -0.496 e. The molecule has 258 valence electrons. The molecule has 5 atom stereocenters. The molecule has 48 heavy (non-hydrogen) atoms. The maximum Gasteiger partial charge on any atom is 0.374 e. The number of aromatic nitrogens is 2. The van der Waals surface area contributed by atoms with Crippen LogP contribution < -0.4 is 40.8 Å². The molecule has 3 fully saturated rings. The lowest BCUT2D eigenvalue weighted by molar-refractivity contribution is -0.141. The largest absolute Gasteiger partial charge is 0.496 e. The Kier molecular flexibility index (Phi) is 8.58. The molecule has 5 heterocycles. The maximum absolute atomic E-state index is 13.0. The first-order chi connectivity index (χ1) is 23.2. The van der Waals surface area contributed by atoms with E-state index in [4.69, 9.17) is 24.7 Å². The number of nitrogens with two attached hydrogens (primary N) is 1. The topological polar surface area (TPSA) is 195 Å². The molecule has 2 saturated heterocycles. The van der Waals surface area contributed by atoms with Crippen LogP contribution >= 0.6 is 0 Å². The van der Waals surface area contributed by atoms with Gasteiger partial charge in [-0.05, 0) is 44.3 Å². The number of nitrogens with one attached hydrogen (secondary N) is 3. The molecule has 7 N–H and O–H groups in total. The number of fused-ring (bicyclic) bond motifs is 3. The molecule has 1 aromatic heterocycles. The third-order valence-electron chi connectivity index (χ3n) is 10.2. The van der Waals surface area contributed by atoms with E-state index in [0.29, 0.717) is 53.8 Å². The second-order valence-electron chi connectivity index (χ2n) is 13.0. The number of anilines is 1. The molecule has 1 aliphatic carbocycles. The highest BCUT2D eigenvalue weighted by Crippen LogP contribution is 2.54. The van der Waals surface area contributed by atoms with Gasteiger partial charge in [-0.3, -0.25) is 21.2 Å². The summed E-state index contributed by atoms with van der Waals surface area (Å²) in [7, 11) is 1.56. The van der Waals surface area contributed by atoms with E-state index < -0.39 is 42.8 Å². The highest BCUT2D eigenvalue weighted by atomic mass is 16.6. The van der Waals surface area contributed by atoms with E-state index in [1.54, 1.807) is 26.3 Å². The number of aliphatic hydroxyl groups is 2. The number of carbonyl (C=O) groups excluding carboxylic acids is 2. The molecule has 15 nitrogen and oxygen atoms in total. The molecular formula is C33H43N7O8. The first-order valence-electron chi connectivity index (χ1n) is 16.5. The van der Waals surface area contributed by atoms with Gasteiger partial charge in [0.25, 0.3) is 0 Å². The third-order valence-corrected chi connectivity index (χ3v) is 10.2. The first kappa shape index (κ1) is 32.4. The van der Waals surface area contributed by atoms with Crippen LogP contribution in [0, 0.1) is 5.92 Å². The Labute approximate surface area is 278 Å². The number of ether oxygens (including phenoxy) is 4. The molecule has 0 unspecified atom stereocenters. The molecule has 7 rings (SSSR count). The highest BCUT2D eigenvalue weighted by molar-refractivity contribution is 5.96.